The van der Waals surface area contributed by atoms with Gasteiger partial charge < -0.3 is 14.2 Å². The molecule has 0 aliphatic carbocycles. The fraction of sp³-hybridized carbons (Fsp3) is 0.807. The zero-order valence-corrected chi connectivity index (χ0v) is 41.8. The molecule has 0 aliphatic rings. The first kappa shape index (κ1) is 60.4. The monoisotopic (exact) mass is 883 g/mol. The van der Waals surface area contributed by atoms with Crippen LogP contribution in [0, 0.1) is 0 Å². The van der Waals surface area contributed by atoms with Crippen molar-refractivity contribution in [3.05, 3.63) is 48.6 Å². The number of carbonyl (C=O) groups excluding carboxylic acids is 3. The van der Waals surface area contributed by atoms with E-state index in [9.17, 15) is 14.4 Å². The Morgan fingerprint density at radius 1 is 0.317 bits per heavy atom. The van der Waals surface area contributed by atoms with Crippen LogP contribution >= 0.6 is 0 Å². The molecule has 0 aromatic carbocycles. The third-order valence-corrected chi connectivity index (χ3v) is 11.8. The fourth-order valence-corrected chi connectivity index (χ4v) is 7.64. The zero-order chi connectivity index (χ0) is 45.8. The minimum absolute atomic E-state index is 0.0888. The van der Waals surface area contributed by atoms with Gasteiger partial charge in [0, 0.05) is 19.3 Å². The molecule has 0 saturated carbocycles. The molecule has 0 aliphatic heterocycles. The van der Waals surface area contributed by atoms with E-state index in [0.717, 1.165) is 89.9 Å². The normalized spacial score (nSPS) is 12.4. The molecular weight excluding hydrogens is 781 g/mol. The second-order valence-electron chi connectivity index (χ2n) is 18.2. The highest BCUT2D eigenvalue weighted by Crippen LogP contribution is 2.14. The van der Waals surface area contributed by atoms with Crippen molar-refractivity contribution in [2.75, 3.05) is 13.2 Å². The molecule has 1 atom stereocenters. The summed E-state index contributed by atoms with van der Waals surface area (Å²) in [4.78, 5) is 38.0. The lowest BCUT2D eigenvalue weighted by Gasteiger charge is -2.18. The van der Waals surface area contributed by atoms with Crippen LogP contribution in [0.1, 0.15) is 278 Å². The van der Waals surface area contributed by atoms with E-state index >= 15 is 0 Å². The molecule has 1 unspecified atom stereocenters. The largest absolute Gasteiger partial charge is 0.462 e. The van der Waals surface area contributed by atoms with Gasteiger partial charge >= 0.3 is 17.9 Å². The lowest BCUT2D eigenvalue weighted by atomic mass is 10.1. The number of unbranched alkanes of at least 4 members (excludes halogenated alkanes) is 31. The molecule has 0 rings (SSSR count). The molecule has 366 valence electrons. The van der Waals surface area contributed by atoms with Crippen LogP contribution in [0.3, 0.4) is 0 Å². The molecule has 0 N–H and O–H groups in total. The van der Waals surface area contributed by atoms with E-state index in [1.807, 2.05) is 0 Å². The Balaban J connectivity index is 4.35. The molecule has 0 aromatic heterocycles. The van der Waals surface area contributed by atoms with Crippen LogP contribution in [0.25, 0.3) is 0 Å². The Labute approximate surface area is 390 Å². The highest BCUT2D eigenvalue weighted by molar-refractivity contribution is 5.71. The van der Waals surface area contributed by atoms with Crippen LogP contribution in [0.2, 0.25) is 0 Å². The molecule has 6 nitrogen and oxygen atoms in total. The van der Waals surface area contributed by atoms with E-state index in [1.165, 1.54) is 148 Å². The maximum atomic E-state index is 12.8. The van der Waals surface area contributed by atoms with Crippen LogP contribution < -0.4 is 0 Å². The van der Waals surface area contributed by atoms with Gasteiger partial charge in [-0.2, -0.15) is 0 Å². The SMILES string of the molecule is CCCC/C=C\CCCCCCC(=O)OCC(COC(=O)CCCCCCCCC/C=C\CCCCCCCCCC)OC(=O)CCCCC/C=C\C=C/CCCCCCCCC. The van der Waals surface area contributed by atoms with Crippen molar-refractivity contribution in [3.63, 3.8) is 0 Å². The van der Waals surface area contributed by atoms with E-state index in [0.29, 0.717) is 19.3 Å². The summed E-state index contributed by atoms with van der Waals surface area (Å²) in [5, 5.41) is 0. The van der Waals surface area contributed by atoms with Gasteiger partial charge in [0.25, 0.3) is 0 Å². The Bertz CT molecular complexity index is 1110. The topological polar surface area (TPSA) is 78.9 Å². The first-order chi connectivity index (χ1) is 31.0. The van der Waals surface area contributed by atoms with Gasteiger partial charge in [0.15, 0.2) is 6.10 Å². The number of hydrogen-bond donors (Lipinski definition) is 0. The summed E-state index contributed by atoms with van der Waals surface area (Å²) in [6, 6.07) is 0. The minimum Gasteiger partial charge on any atom is -0.462 e. The summed E-state index contributed by atoms with van der Waals surface area (Å²) in [6.45, 7) is 6.57. The van der Waals surface area contributed by atoms with E-state index in [2.05, 4.69) is 69.4 Å². The van der Waals surface area contributed by atoms with Gasteiger partial charge in [0.2, 0.25) is 0 Å². The molecule has 0 heterocycles. The first-order valence-electron chi connectivity index (χ1n) is 27.2. The van der Waals surface area contributed by atoms with Gasteiger partial charge in [0.05, 0.1) is 0 Å². The van der Waals surface area contributed by atoms with Crippen LogP contribution in [0.15, 0.2) is 48.6 Å². The van der Waals surface area contributed by atoms with Crippen molar-refractivity contribution in [3.8, 4) is 0 Å². The molecule has 0 fully saturated rings. The summed E-state index contributed by atoms with van der Waals surface area (Å²) in [5.41, 5.74) is 0. The summed E-state index contributed by atoms with van der Waals surface area (Å²) in [6.07, 6.45) is 62.5. The van der Waals surface area contributed by atoms with Crippen LogP contribution in [0.4, 0.5) is 0 Å². The first-order valence-corrected chi connectivity index (χ1v) is 27.2. The number of allylic oxidation sites excluding steroid dienone is 8. The number of rotatable bonds is 49. The number of esters is 3. The van der Waals surface area contributed by atoms with Crippen molar-refractivity contribution in [2.45, 2.75) is 284 Å². The molecule has 0 radical (unpaired) electrons. The third kappa shape index (κ3) is 50.2. The van der Waals surface area contributed by atoms with Crippen LogP contribution in [-0.4, -0.2) is 37.2 Å². The maximum absolute atomic E-state index is 12.8. The van der Waals surface area contributed by atoms with Crippen molar-refractivity contribution in [1.82, 2.24) is 0 Å². The van der Waals surface area contributed by atoms with Crippen LogP contribution in [0.5, 0.6) is 0 Å². The van der Waals surface area contributed by atoms with Gasteiger partial charge in [-0.1, -0.05) is 217 Å². The molecule has 0 amide bonds. The van der Waals surface area contributed by atoms with Gasteiger partial charge in [-0.3, -0.25) is 14.4 Å². The number of hydrogen-bond acceptors (Lipinski definition) is 6. The van der Waals surface area contributed by atoms with Crippen molar-refractivity contribution < 1.29 is 28.6 Å². The summed E-state index contributed by atoms with van der Waals surface area (Å²) in [5.74, 6) is -0.926. The number of carbonyl (C=O) groups is 3. The highest BCUT2D eigenvalue weighted by atomic mass is 16.6. The third-order valence-electron chi connectivity index (χ3n) is 11.8. The molecule has 0 aromatic rings. The van der Waals surface area contributed by atoms with Crippen molar-refractivity contribution in [1.29, 1.82) is 0 Å². The predicted octanol–water partition coefficient (Wildman–Crippen LogP) is 17.9. The average molecular weight is 883 g/mol. The quantitative estimate of drug-likeness (QED) is 0.0199. The Morgan fingerprint density at radius 2 is 0.587 bits per heavy atom. The summed E-state index contributed by atoms with van der Waals surface area (Å²) in [7, 11) is 0. The molecule has 63 heavy (non-hydrogen) atoms. The molecule has 0 bridgehead atoms. The molecule has 6 heteroatoms. The lowest BCUT2D eigenvalue weighted by Crippen LogP contribution is -2.30. The van der Waals surface area contributed by atoms with E-state index < -0.39 is 6.10 Å². The predicted molar refractivity (Wildman–Crippen MR) is 270 cm³/mol. The Hall–Kier alpha value is -2.63. The standard InChI is InChI=1S/C57H102O6/c1-4-7-10-13-16-19-22-24-26-28-29-30-32-33-35-38-41-44-47-50-56(59)62-53-54(52-61-55(58)49-46-43-40-37-21-18-15-12-9-6-3)63-57(60)51-48-45-42-39-36-34-31-27-25-23-20-17-14-11-8-5-2/h15,18,27-29,31,34,36,54H,4-14,16-17,19-26,30,32-33,35,37-53H2,1-3H3/b18-15-,29-28-,31-27-,36-34-. The van der Waals surface area contributed by atoms with Gasteiger partial charge in [0.1, 0.15) is 13.2 Å². The maximum Gasteiger partial charge on any atom is 0.306 e. The summed E-state index contributed by atoms with van der Waals surface area (Å²) < 4.78 is 16.8. The van der Waals surface area contributed by atoms with Gasteiger partial charge in [-0.05, 0) is 89.9 Å². The highest BCUT2D eigenvalue weighted by Gasteiger charge is 2.19. The van der Waals surface area contributed by atoms with Gasteiger partial charge in [-0.15, -0.1) is 0 Å². The van der Waals surface area contributed by atoms with Crippen molar-refractivity contribution in [2.24, 2.45) is 0 Å². The molecular formula is C57H102O6. The van der Waals surface area contributed by atoms with Crippen LogP contribution in [-0.2, 0) is 28.6 Å². The Kier molecular flexibility index (Phi) is 49.8. The molecule has 0 spiro atoms. The van der Waals surface area contributed by atoms with Crippen molar-refractivity contribution >= 4 is 17.9 Å². The molecule has 0 saturated heterocycles. The number of ether oxygens (including phenoxy) is 3. The lowest BCUT2D eigenvalue weighted by molar-refractivity contribution is -0.167. The van der Waals surface area contributed by atoms with Gasteiger partial charge in [-0.25, -0.2) is 0 Å². The fourth-order valence-electron chi connectivity index (χ4n) is 7.64. The van der Waals surface area contributed by atoms with E-state index in [-0.39, 0.29) is 31.1 Å². The minimum atomic E-state index is -0.791. The second-order valence-corrected chi connectivity index (χ2v) is 18.2. The average Bonchev–Trinajstić information content (AvgIpc) is 3.28. The zero-order valence-electron chi connectivity index (χ0n) is 41.8. The van der Waals surface area contributed by atoms with E-state index in [4.69, 9.17) is 14.2 Å². The second kappa shape index (κ2) is 52.0. The van der Waals surface area contributed by atoms with E-state index in [1.54, 1.807) is 0 Å². The smallest absolute Gasteiger partial charge is 0.306 e. The summed E-state index contributed by atoms with van der Waals surface area (Å²) >= 11 is 0. The Morgan fingerprint density at radius 3 is 0.952 bits per heavy atom.